The lowest BCUT2D eigenvalue weighted by Crippen LogP contribution is -2.44. The highest BCUT2D eigenvalue weighted by molar-refractivity contribution is 4.84. The van der Waals surface area contributed by atoms with Gasteiger partial charge >= 0.3 is 0 Å². The van der Waals surface area contributed by atoms with Gasteiger partial charge in [0.2, 0.25) is 0 Å². The average molecular weight is 225 g/mol. The van der Waals surface area contributed by atoms with Crippen LogP contribution in [0.1, 0.15) is 60.8 Å². The molecule has 1 nitrogen and oxygen atoms in total. The normalized spacial score (nSPS) is 32.1. The van der Waals surface area contributed by atoms with E-state index in [2.05, 4.69) is 46.9 Å². The van der Waals surface area contributed by atoms with E-state index in [9.17, 15) is 0 Å². The van der Waals surface area contributed by atoms with Gasteiger partial charge in [0.1, 0.15) is 0 Å². The maximum atomic E-state index is 3.82. The van der Waals surface area contributed by atoms with E-state index in [1.807, 2.05) is 0 Å². The Kier molecular flexibility index (Phi) is 4.85. The summed E-state index contributed by atoms with van der Waals surface area (Å²) in [5, 5.41) is 3.82. The Balaban J connectivity index is 2.41. The van der Waals surface area contributed by atoms with E-state index in [0.717, 1.165) is 30.3 Å². The van der Waals surface area contributed by atoms with Crippen LogP contribution in [-0.2, 0) is 0 Å². The number of hydrogen-bond acceptors (Lipinski definition) is 1. The molecule has 0 spiro atoms. The zero-order chi connectivity index (χ0) is 12.3. The summed E-state index contributed by atoms with van der Waals surface area (Å²) in [6, 6.07) is 0.752. The second-order valence-electron chi connectivity index (χ2n) is 7.03. The van der Waals surface area contributed by atoms with E-state index in [0.29, 0.717) is 5.41 Å². The molecule has 1 heteroatoms. The van der Waals surface area contributed by atoms with E-state index in [4.69, 9.17) is 0 Å². The van der Waals surface area contributed by atoms with Crippen LogP contribution in [0.25, 0.3) is 0 Å². The first kappa shape index (κ1) is 14.0. The molecule has 0 saturated heterocycles. The Morgan fingerprint density at radius 2 is 1.81 bits per heavy atom. The molecule has 0 amide bonds. The molecule has 0 heterocycles. The molecule has 3 atom stereocenters. The highest BCUT2D eigenvalue weighted by Gasteiger charge is 2.28. The maximum Gasteiger partial charge on any atom is 0.00954 e. The van der Waals surface area contributed by atoms with Crippen molar-refractivity contribution in [3.63, 3.8) is 0 Å². The zero-order valence-electron chi connectivity index (χ0n) is 12.1. The summed E-state index contributed by atoms with van der Waals surface area (Å²) in [5.41, 5.74) is 0.417. The van der Waals surface area contributed by atoms with Crippen LogP contribution in [0.4, 0.5) is 0 Å². The van der Waals surface area contributed by atoms with Crippen LogP contribution in [0.15, 0.2) is 0 Å². The van der Waals surface area contributed by atoms with E-state index in [-0.39, 0.29) is 0 Å². The van der Waals surface area contributed by atoms with Crippen molar-refractivity contribution in [3.05, 3.63) is 0 Å². The number of hydrogen-bond donors (Lipinski definition) is 1. The molecule has 0 bridgehead atoms. The summed E-state index contributed by atoms with van der Waals surface area (Å²) >= 11 is 0. The number of nitrogens with one attached hydrogen (secondary N) is 1. The third-order valence-electron chi connectivity index (χ3n) is 4.84. The van der Waals surface area contributed by atoms with E-state index in [1.165, 1.54) is 19.3 Å². The highest BCUT2D eigenvalue weighted by Crippen LogP contribution is 2.30. The van der Waals surface area contributed by atoms with Gasteiger partial charge in [-0.15, -0.1) is 0 Å². The molecule has 0 aromatic carbocycles. The van der Waals surface area contributed by atoms with Crippen LogP contribution < -0.4 is 5.32 Å². The monoisotopic (exact) mass is 225 g/mol. The first-order valence-electron chi connectivity index (χ1n) is 7.06. The molecular formula is C15H31N. The molecule has 1 N–H and O–H groups in total. The minimum atomic E-state index is 0.417. The Hall–Kier alpha value is -0.0400. The molecule has 1 fully saturated rings. The Labute approximate surface area is 102 Å². The van der Waals surface area contributed by atoms with Gasteiger partial charge in [0, 0.05) is 12.6 Å². The maximum absolute atomic E-state index is 3.82. The average Bonchev–Trinajstić information content (AvgIpc) is 2.19. The van der Waals surface area contributed by atoms with Crippen molar-refractivity contribution >= 4 is 0 Å². The third kappa shape index (κ3) is 3.76. The van der Waals surface area contributed by atoms with Crippen molar-refractivity contribution in [1.29, 1.82) is 0 Å². The lowest BCUT2D eigenvalue weighted by Gasteiger charge is -2.37. The first-order chi connectivity index (χ1) is 7.33. The Morgan fingerprint density at radius 3 is 2.38 bits per heavy atom. The highest BCUT2D eigenvalue weighted by atomic mass is 14.9. The minimum Gasteiger partial charge on any atom is -0.313 e. The van der Waals surface area contributed by atoms with Gasteiger partial charge in [0.05, 0.1) is 0 Å². The molecule has 1 aliphatic carbocycles. The fourth-order valence-electron chi connectivity index (χ4n) is 2.42. The van der Waals surface area contributed by atoms with Crippen LogP contribution in [0.2, 0.25) is 0 Å². The predicted molar refractivity (Wildman–Crippen MR) is 72.6 cm³/mol. The van der Waals surface area contributed by atoms with Crippen molar-refractivity contribution in [2.75, 3.05) is 6.54 Å². The van der Waals surface area contributed by atoms with Gasteiger partial charge in [-0.2, -0.15) is 0 Å². The summed E-state index contributed by atoms with van der Waals surface area (Å²) in [7, 11) is 0. The van der Waals surface area contributed by atoms with Crippen molar-refractivity contribution in [3.8, 4) is 0 Å². The van der Waals surface area contributed by atoms with Crippen LogP contribution >= 0.6 is 0 Å². The molecule has 1 saturated carbocycles. The lowest BCUT2D eigenvalue weighted by molar-refractivity contribution is 0.178. The molecule has 0 radical (unpaired) electrons. The SMILES string of the molecule is CC1CCC(C)C(NCC(C)(C)C(C)C)C1. The van der Waals surface area contributed by atoms with Crippen LogP contribution in [-0.4, -0.2) is 12.6 Å². The second-order valence-corrected chi connectivity index (χ2v) is 7.03. The summed E-state index contributed by atoms with van der Waals surface area (Å²) in [5.74, 6) is 2.52. The van der Waals surface area contributed by atoms with E-state index < -0.39 is 0 Å². The summed E-state index contributed by atoms with van der Waals surface area (Å²) in [6.45, 7) is 15.4. The van der Waals surface area contributed by atoms with E-state index in [1.54, 1.807) is 0 Å². The van der Waals surface area contributed by atoms with Gasteiger partial charge in [0.15, 0.2) is 0 Å². The largest absolute Gasteiger partial charge is 0.313 e. The molecular weight excluding hydrogens is 194 g/mol. The van der Waals surface area contributed by atoms with Crippen LogP contribution in [0.5, 0.6) is 0 Å². The standard InChI is InChI=1S/C15H31N/c1-11(2)15(5,6)10-16-14-9-12(3)7-8-13(14)4/h11-14,16H,7-10H2,1-6H3. The smallest absolute Gasteiger partial charge is 0.00954 e. The second kappa shape index (κ2) is 5.53. The van der Waals surface area contributed by atoms with Crippen molar-refractivity contribution in [1.82, 2.24) is 5.32 Å². The first-order valence-corrected chi connectivity index (χ1v) is 7.06. The van der Waals surface area contributed by atoms with Crippen LogP contribution in [0.3, 0.4) is 0 Å². The molecule has 0 aromatic rings. The summed E-state index contributed by atoms with van der Waals surface area (Å²) in [6.07, 6.45) is 4.20. The van der Waals surface area contributed by atoms with Gasteiger partial charge in [-0.1, -0.05) is 48.0 Å². The Bertz CT molecular complexity index is 207. The summed E-state index contributed by atoms with van der Waals surface area (Å²) in [4.78, 5) is 0. The fraction of sp³-hybridized carbons (Fsp3) is 1.00. The van der Waals surface area contributed by atoms with Crippen molar-refractivity contribution < 1.29 is 0 Å². The number of rotatable bonds is 4. The molecule has 1 aliphatic rings. The van der Waals surface area contributed by atoms with Gasteiger partial charge in [-0.05, 0) is 36.0 Å². The third-order valence-corrected chi connectivity index (χ3v) is 4.84. The van der Waals surface area contributed by atoms with Gasteiger partial charge in [-0.3, -0.25) is 0 Å². The zero-order valence-corrected chi connectivity index (χ0v) is 12.1. The molecule has 0 aliphatic heterocycles. The molecule has 1 rings (SSSR count). The van der Waals surface area contributed by atoms with Crippen molar-refractivity contribution in [2.24, 2.45) is 23.2 Å². The van der Waals surface area contributed by atoms with E-state index >= 15 is 0 Å². The van der Waals surface area contributed by atoms with Crippen LogP contribution in [0, 0.1) is 23.2 Å². The van der Waals surface area contributed by atoms with Gasteiger partial charge < -0.3 is 5.32 Å². The van der Waals surface area contributed by atoms with Crippen molar-refractivity contribution in [2.45, 2.75) is 66.8 Å². The topological polar surface area (TPSA) is 12.0 Å². The quantitative estimate of drug-likeness (QED) is 0.760. The van der Waals surface area contributed by atoms with Gasteiger partial charge in [0.25, 0.3) is 0 Å². The predicted octanol–water partition coefficient (Wildman–Crippen LogP) is 4.08. The molecule has 96 valence electrons. The van der Waals surface area contributed by atoms with Gasteiger partial charge in [-0.25, -0.2) is 0 Å². The summed E-state index contributed by atoms with van der Waals surface area (Å²) < 4.78 is 0. The molecule has 16 heavy (non-hydrogen) atoms. The lowest BCUT2D eigenvalue weighted by atomic mass is 9.77. The molecule has 0 aromatic heterocycles. The molecule has 3 unspecified atom stereocenters. The minimum absolute atomic E-state index is 0.417. The Morgan fingerprint density at radius 1 is 1.19 bits per heavy atom. The fourth-order valence-corrected chi connectivity index (χ4v) is 2.42.